The maximum Gasteiger partial charge on any atom is 0.320 e. The Balaban J connectivity index is 1.80. The molecule has 140 valence electrons. The largest absolute Gasteiger partial charge is 0.493 e. The predicted octanol–water partition coefficient (Wildman–Crippen LogP) is 2.84. The molecular weight excluding hydrogens is 366 g/mol. The molecule has 0 aliphatic carbocycles. The van der Waals surface area contributed by atoms with Gasteiger partial charge in [0.25, 0.3) is 0 Å². The van der Waals surface area contributed by atoms with Crippen LogP contribution in [0.15, 0.2) is 42.5 Å². The summed E-state index contributed by atoms with van der Waals surface area (Å²) in [5.41, 5.74) is 8.16. The first-order chi connectivity index (χ1) is 13.0. The fourth-order valence-corrected chi connectivity index (χ4v) is 3.24. The second-order valence-corrected chi connectivity index (χ2v) is 6.59. The van der Waals surface area contributed by atoms with Crippen molar-refractivity contribution in [3.05, 3.63) is 48.0 Å². The molecule has 0 bridgehead atoms. The summed E-state index contributed by atoms with van der Waals surface area (Å²) in [4.78, 5) is 15.4. The second kappa shape index (κ2) is 8.15. The zero-order chi connectivity index (χ0) is 19.4. The van der Waals surface area contributed by atoms with Gasteiger partial charge in [0.2, 0.25) is 0 Å². The van der Waals surface area contributed by atoms with E-state index in [0.717, 1.165) is 21.7 Å². The molecule has 3 aromatic rings. The number of aliphatic carboxylic acids is 1. The van der Waals surface area contributed by atoms with Crippen LogP contribution in [0.25, 0.3) is 22.0 Å². The number of methoxy groups -OCH3 is 2. The standard InChI is InChI=1S/C19H19N3O4S/c1-25-15-8-7-13(10-16(15)26-2)18-21-17(22-27-18)12-5-3-11(4-6-12)9-14(20)19(23)24/h3-8,10,14H,9,20H2,1-2H3,(H,23,24)/t14-/m0/s1. The van der Waals surface area contributed by atoms with Gasteiger partial charge in [0, 0.05) is 11.1 Å². The lowest BCUT2D eigenvalue weighted by molar-refractivity contribution is -0.138. The van der Waals surface area contributed by atoms with Gasteiger partial charge in [-0.2, -0.15) is 4.37 Å². The van der Waals surface area contributed by atoms with Crippen molar-refractivity contribution < 1.29 is 19.4 Å². The number of ether oxygens (including phenoxy) is 2. The smallest absolute Gasteiger partial charge is 0.320 e. The Labute approximate surface area is 160 Å². The summed E-state index contributed by atoms with van der Waals surface area (Å²) >= 11 is 1.29. The normalized spacial score (nSPS) is 11.8. The van der Waals surface area contributed by atoms with Crippen molar-refractivity contribution in [3.8, 4) is 33.5 Å². The Bertz CT molecular complexity index is 940. The number of nitrogens with two attached hydrogens (primary N) is 1. The van der Waals surface area contributed by atoms with Crippen LogP contribution < -0.4 is 15.2 Å². The average molecular weight is 385 g/mol. The number of carboxylic acid groups (broad SMARTS) is 1. The van der Waals surface area contributed by atoms with E-state index in [2.05, 4.69) is 9.36 Å². The summed E-state index contributed by atoms with van der Waals surface area (Å²) in [7, 11) is 3.18. The first kappa shape index (κ1) is 18.8. The van der Waals surface area contributed by atoms with Crippen LogP contribution in [0.1, 0.15) is 5.56 Å². The third kappa shape index (κ3) is 4.24. The Morgan fingerprint density at radius 2 is 1.78 bits per heavy atom. The minimum Gasteiger partial charge on any atom is -0.493 e. The molecule has 0 radical (unpaired) electrons. The molecule has 0 amide bonds. The topological polar surface area (TPSA) is 108 Å². The second-order valence-electron chi connectivity index (χ2n) is 5.84. The lowest BCUT2D eigenvalue weighted by Gasteiger charge is -2.08. The van der Waals surface area contributed by atoms with Gasteiger partial charge in [0.1, 0.15) is 11.0 Å². The van der Waals surface area contributed by atoms with Crippen LogP contribution in [0.5, 0.6) is 11.5 Å². The number of carboxylic acids is 1. The molecule has 0 saturated carbocycles. The zero-order valence-electron chi connectivity index (χ0n) is 14.9. The molecule has 0 unspecified atom stereocenters. The monoisotopic (exact) mass is 385 g/mol. The SMILES string of the molecule is COc1ccc(-c2nc(-c3ccc(C[C@H](N)C(=O)O)cc3)ns2)cc1OC. The van der Waals surface area contributed by atoms with Crippen molar-refractivity contribution in [1.82, 2.24) is 9.36 Å². The number of hydrogen-bond acceptors (Lipinski definition) is 7. The molecule has 1 heterocycles. The van der Waals surface area contributed by atoms with E-state index in [-0.39, 0.29) is 6.42 Å². The van der Waals surface area contributed by atoms with Gasteiger partial charge in [-0.25, -0.2) is 4.98 Å². The summed E-state index contributed by atoms with van der Waals surface area (Å²) in [6, 6.07) is 12.1. The van der Waals surface area contributed by atoms with E-state index in [4.69, 9.17) is 20.3 Å². The fourth-order valence-electron chi connectivity index (χ4n) is 2.56. The molecule has 0 spiro atoms. The maximum absolute atomic E-state index is 10.9. The molecule has 1 aromatic heterocycles. The van der Waals surface area contributed by atoms with E-state index in [0.29, 0.717) is 17.3 Å². The number of benzene rings is 2. The fraction of sp³-hybridized carbons (Fsp3) is 0.211. The van der Waals surface area contributed by atoms with E-state index in [1.165, 1.54) is 11.5 Å². The minimum absolute atomic E-state index is 0.275. The molecule has 2 aromatic carbocycles. The van der Waals surface area contributed by atoms with Crippen LogP contribution in [-0.2, 0) is 11.2 Å². The zero-order valence-corrected chi connectivity index (χ0v) is 15.7. The molecular formula is C19H19N3O4S. The molecule has 3 N–H and O–H groups in total. The Kier molecular flexibility index (Phi) is 5.68. The number of nitrogens with zero attached hydrogens (tertiary/aromatic N) is 2. The number of rotatable bonds is 7. The summed E-state index contributed by atoms with van der Waals surface area (Å²) < 4.78 is 15.0. The quantitative estimate of drug-likeness (QED) is 0.644. The van der Waals surface area contributed by atoms with Crippen LogP contribution in [-0.4, -0.2) is 40.7 Å². The molecule has 1 atom stereocenters. The van der Waals surface area contributed by atoms with E-state index in [1.54, 1.807) is 14.2 Å². The minimum atomic E-state index is -1.01. The summed E-state index contributed by atoms with van der Waals surface area (Å²) in [5.74, 6) is 0.880. The molecule has 3 rings (SSSR count). The third-order valence-corrected chi connectivity index (χ3v) is 4.81. The van der Waals surface area contributed by atoms with Crippen LogP contribution >= 0.6 is 11.5 Å². The van der Waals surface area contributed by atoms with Gasteiger partial charge in [-0.15, -0.1) is 0 Å². The van der Waals surface area contributed by atoms with Gasteiger partial charge in [0.15, 0.2) is 17.3 Å². The summed E-state index contributed by atoms with van der Waals surface area (Å²) in [5, 5.41) is 9.66. The van der Waals surface area contributed by atoms with Gasteiger partial charge in [-0.05, 0) is 41.7 Å². The van der Waals surface area contributed by atoms with Gasteiger partial charge in [-0.1, -0.05) is 24.3 Å². The lowest BCUT2D eigenvalue weighted by atomic mass is 10.0. The van der Waals surface area contributed by atoms with Crippen LogP contribution in [0.3, 0.4) is 0 Å². The highest BCUT2D eigenvalue weighted by molar-refractivity contribution is 7.09. The van der Waals surface area contributed by atoms with Crippen molar-refractivity contribution >= 4 is 17.5 Å². The first-order valence-corrected chi connectivity index (χ1v) is 8.93. The molecule has 27 heavy (non-hydrogen) atoms. The molecule has 8 heteroatoms. The van der Waals surface area contributed by atoms with Crippen molar-refractivity contribution in [1.29, 1.82) is 0 Å². The van der Waals surface area contributed by atoms with Gasteiger partial charge in [0.05, 0.1) is 14.2 Å². The molecule has 0 aliphatic rings. The highest BCUT2D eigenvalue weighted by atomic mass is 32.1. The van der Waals surface area contributed by atoms with Crippen molar-refractivity contribution in [2.45, 2.75) is 12.5 Å². The Morgan fingerprint density at radius 1 is 1.11 bits per heavy atom. The van der Waals surface area contributed by atoms with Crippen molar-refractivity contribution in [2.75, 3.05) is 14.2 Å². The van der Waals surface area contributed by atoms with Crippen LogP contribution in [0.2, 0.25) is 0 Å². The van der Waals surface area contributed by atoms with Gasteiger partial charge < -0.3 is 20.3 Å². The molecule has 0 saturated heterocycles. The Morgan fingerprint density at radius 3 is 2.41 bits per heavy atom. The first-order valence-electron chi connectivity index (χ1n) is 8.15. The molecule has 0 fully saturated rings. The average Bonchev–Trinajstić information content (AvgIpc) is 3.18. The molecule has 0 aliphatic heterocycles. The van der Waals surface area contributed by atoms with Gasteiger partial charge in [-0.3, -0.25) is 4.79 Å². The van der Waals surface area contributed by atoms with Crippen LogP contribution in [0.4, 0.5) is 0 Å². The predicted molar refractivity (Wildman–Crippen MR) is 103 cm³/mol. The third-order valence-electron chi connectivity index (χ3n) is 4.04. The lowest BCUT2D eigenvalue weighted by Crippen LogP contribution is -2.32. The van der Waals surface area contributed by atoms with Gasteiger partial charge >= 0.3 is 5.97 Å². The van der Waals surface area contributed by atoms with E-state index < -0.39 is 12.0 Å². The number of carbonyl (C=O) groups is 1. The highest BCUT2D eigenvalue weighted by Gasteiger charge is 2.14. The summed E-state index contributed by atoms with van der Waals surface area (Å²) in [6.07, 6.45) is 0.275. The van der Waals surface area contributed by atoms with Crippen molar-refractivity contribution in [3.63, 3.8) is 0 Å². The summed E-state index contributed by atoms with van der Waals surface area (Å²) in [6.45, 7) is 0. The Hall–Kier alpha value is -2.97. The van der Waals surface area contributed by atoms with E-state index in [1.807, 2.05) is 42.5 Å². The maximum atomic E-state index is 10.9. The van der Waals surface area contributed by atoms with E-state index in [9.17, 15) is 4.79 Å². The highest BCUT2D eigenvalue weighted by Crippen LogP contribution is 2.33. The van der Waals surface area contributed by atoms with Crippen molar-refractivity contribution in [2.24, 2.45) is 5.73 Å². The number of hydrogen-bond donors (Lipinski definition) is 2. The molecule has 7 nitrogen and oxygen atoms in total. The number of aromatic nitrogens is 2. The van der Waals surface area contributed by atoms with E-state index >= 15 is 0 Å². The van der Waals surface area contributed by atoms with Crippen LogP contribution in [0, 0.1) is 0 Å².